The number of rotatable bonds is 2. The summed E-state index contributed by atoms with van der Waals surface area (Å²) in [6, 6.07) is 12.6. The van der Waals surface area contributed by atoms with E-state index in [0.29, 0.717) is 12.1 Å². The molecule has 0 aliphatic carbocycles. The van der Waals surface area contributed by atoms with E-state index in [2.05, 4.69) is 35.2 Å². The molecule has 2 aliphatic heterocycles. The van der Waals surface area contributed by atoms with Gasteiger partial charge in [-0.25, -0.2) is 0 Å². The number of hydrogen-bond acceptors (Lipinski definition) is 2. The molecule has 0 spiro atoms. The van der Waals surface area contributed by atoms with Gasteiger partial charge in [0, 0.05) is 24.7 Å². The zero-order chi connectivity index (χ0) is 11.7. The maximum absolute atomic E-state index is 6.29. The summed E-state index contributed by atoms with van der Waals surface area (Å²) in [7, 11) is 0. The van der Waals surface area contributed by atoms with E-state index in [-0.39, 0.29) is 0 Å². The molecular weight excluding hydrogens is 208 g/mol. The third-order valence-electron chi connectivity index (χ3n) is 4.47. The predicted molar refractivity (Wildman–Crippen MR) is 70.6 cm³/mol. The Balaban J connectivity index is 1.77. The van der Waals surface area contributed by atoms with Crippen LogP contribution in [0.25, 0.3) is 0 Å². The van der Waals surface area contributed by atoms with Gasteiger partial charge in [0.1, 0.15) is 0 Å². The summed E-state index contributed by atoms with van der Waals surface area (Å²) in [6.45, 7) is 1.09. The van der Waals surface area contributed by atoms with Gasteiger partial charge in [-0.1, -0.05) is 36.8 Å². The average Bonchev–Trinajstić information content (AvgIpc) is 2.36. The van der Waals surface area contributed by atoms with Crippen LogP contribution in [0.2, 0.25) is 0 Å². The first-order valence-corrected chi connectivity index (χ1v) is 6.90. The Bertz CT molecular complexity index is 362. The van der Waals surface area contributed by atoms with Gasteiger partial charge in [-0.3, -0.25) is 4.90 Å². The van der Waals surface area contributed by atoms with E-state index in [1.807, 2.05) is 0 Å². The minimum absolute atomic E-state index is 0.398. The summed E-state index contributed by atoms with van der Waals surface area (Å²) in [5.41, 5.74) is 7.72. The average molecular weight is 230 g/mol. The largest absolute Gasteiger partial charge is 0.326 e. The maximum atomic E-state index is 6.29. The van der Waals surface area contributed by atoms with Crippen molar-refractivity contribution < 1.29 is 0 Å². The molecule has 0 unspecified atom stereocenters. The quantitative estimate of drug-likeness (QED) is 0.846. The van der Waals surface area contributed by atoms with Crippen LogP contribution < -0.4 is 5.73 Å². The summed E-state index contributed by atoms with van der Waals surface area (Å²) in [5, 5.41) is 0. The van der Waals surface area contributed by atoms with Crippen molar-refractivity contribution in [2.24, 2.45) is 5.73 Å². The smallest absolute Gasteiger partial charge is 0.0253 e. The van der Waals surface area contributed by atoms with E-state index >= 15 is 0 Å². The van der Waals surface area contributed by atoms with E-state index in [1.165, 1.54) is 37.7 Å². The summed E-state index contributed by atoms with van der Waals surface area (Å²) < 4.78 is 0. The lowest BCUT2D eigenvalue weighted by Gasteiger charge is -2.49. The summed E-state index contributed by atoms with van der Waals surface area (Å²) >= 11 is 0. The van der Waals surface area contributed by atoms with Crippen LogP contribution in [0.5, 0.6) is 0 Å². The van der Waals surface area contributed by atoms with Gasteiger partial charge in [0.05, 0.1) is 0 Å². The van der Waals surface area contributed by atoms with Crippen molar-refractivity contribution in [3.8, 4) is 0 Å². The molecule has 0 saturated carbocycles. The summed E-state index contributed by atoms with van der Waals surface area (Å²) in [6.07, 6.45) is 6.56. The Labute approximate surface area is 104 Å². The van der Waals surface area contributed by atoms with Crippen molar-refractivity contribution >= 4 is 0 Å². The van der Waals surface area contributed by atoms with Crippen molar-refractivity contribution in [1.29, 1.82) is 0 Å². The third-order valence-corrected chi connectivity index (χ3v) is 4.47. The number of nitrogens with zero attached hydrogens (tertiary/aromatic N) is 1. The van der Waals surface area contributed by atoms with Crippen LogP contribution in [-0.4, -0.2) is 23.0 Å². The Hall–Kier alpha value is -0.860. The zero-order valence-electron chi connectivity index (χ0n) is 10.4. The van der Waals surface area contributed by atoms with E-state index < -0.39 is 0 Å². The monoisotopic (exact) mass is 230 g/mol. The van der Waals surface area contributed by atoms with Crippen molar-refractivity contribution in [2.45, 2.75) is 56.8 Å². The molecule has 2 fully saturated rings. The highest BCUT2D eigenvalue weighted by Gasteiger charge is 2.37. The number of piperidine rings is 2. The van der Waals surface area contributed by atoms with Crippen LogP contribution in [0.4, 0.5) is 0 Å². The number of nitrogens with two attached hydrogens (primary N) is 1. The van der Waals surface area contributed by atoms with Crippen LogP contribution in [0.15, 0.2) is 30.3 Å². The minimum atomic E-state index is 0.398. The lowest BCUT2D eigenvalue weighted by molar-refractivity contribution is 0.0200. The van der Waals surface area contributed by atoms with Gasteiger partial charge in [-0.15, -0.1) is 0 Å². The first-order chi connectivity index (χ1) is 8.34. The maximum Gasteiger partial charge on any atom is 0.0253 e. The molecule has 92 valence electrons. The zero-order valence-corrected chi connectivity index (χ0v) is 10.4. The van der Waals surface area contributed by atoms with Crippen LogP contribution in [0, 0.1) is 0 Å². The molecule has 2 nitrogen and oxygen atoms in total. The van der Waals surface area contributed by atoms with Gasteiger partial charge in [0.15, 0.2) is 0 Å². The molecule has 2 bridgehead atoms. The molecule has 1 aromatic carbocycles. The minimum Gasteiger partial charge on any atom is -0.326 e. The predicted octanol–water partition coefficient (Wildman–Crippen LogP) is 2.53. The SMILES string of the molecule is N[C@H]1CC[C@@H]2CCC[C@H]1N2Cc1ccccc1. The Morgan fingerprint density at radius 2 is 1.88 bits per heavy atom. The molecule has 2 saturated heterocycles. The van der Waals surface area contributed by atoms with Gasteiger partial charge in [-0.2, -0.15) is 0 Å². The van der Waals surface area contributed by atoms with Gasteiger partial charge in [-0.05, 0) is 31.2 Å². The Morgan fingerprint density at radius 3 is 2.71 bits per heavy atom. The highest BCUT2D eigenvalue weighted by molar-refractivity contribution is 5.15. The van der Waals surface area contributed by atoms with Crippen molar-refractivity contribution in [1.82, 2.24) is 4.90 Å². The standard InChI is InChI=1S/C15H22N2/c16-14-10-9-13-7-4-8-15(14)17(13)11-12-5-2-1-3-6-12/h1-3,5-6,13-15H,4,7-11,16H2/t13-,14-,15+/m0/s1. The molecular formula is C15H22N2. The molecule has 2 aliphatic rings. The summed E-state index contributed by atoms with van der Waals surface area (Å²) in [4.78, 5) is 2.67. The number of fused-ring (bicyclic) bond motifs is 2. The Morgan fingerprint density at radius 1 is 1.06 bits per heavy atom. The second-order valence-corrected chi connectivity index (χ2v) is 5.55. The fraction of sp³-hybridized carbons (Fsp3) is 0.600. The number of hydrogen-bond donors (Lipinski definition) is 1. The van der Waals surface area contributed by atoms with Gasteiger partial charge >= 0.3 is 0 Å². The first-order valence-electron chi connectivity index (χ1n) is 6.90. The molecule has 17 heavy (non-hydrogen) atoms. The van der Waals surface area contributed by atoms with Crippen molar-refractivity contribution in [3.63, 3.8) is 0 Å². The van der Waals surface area contributed by atoms with Crippen LogP contribution in [0.3, 0.4) is 0 Å². The lowest BCUT2D eigenvalue weighted by atomic mass is 9.81. The molecule has 3 rings (SSSR count). The molecule has 2 N–H and O–H groups in total. The molecule has 3 atom stereocenters. The third kappa shape index (κ3) is 2.24. The van der Waals surface area contributed by atoms with E-state index in [0.717, 1.165) is 12.6 Å². The normalized spacial score (nSPS) is 33.6. The van der Waals surface area contributed by atoms with Gasteiger partial charge in [0.2, 0.25) is 0 Å². The molecule has 1 aromatic rings. The molecule has 2 heterocycles. The molecule has 0 radical (unpaired) electrons. The highest BCUT2D eigenvalue weighted by atomic mass is 15.2. The second kappa shape index (κ2) is 4.79. The fourth-order valence-electron chi connectivity index (χ4n) is 3.55. The van der Waals surface area contributed by atoms with Gasteiger partial charge < -0.3 is 5.73 Å². The van der Waals surface area contributed by atoms with E-state index in [9.17, 15) is 0 Å². The van der Waals surface area contributed by atoms with Crippen molar-refractivity contribution in [3.05, 3.63) is 35.9 Å². The topological polar surface area (TPSA) is 29.3 Å². The van der Waals surface area contributed by atoms with Crippen LogP contribution >= 0.6 is 0 Å². The Kier molecular flexibility index (Phi) is 3.17. The second-order valence-electron chi connectivity index (χ2n) is 5.55. The molecule has 0 aromatic heterocycles. The molecule has 2 heteroatoms. The van der Waals surface area contributed by atoms with Gasteiger partial charge in [0.25, 0.3) is 0 Å². The lowest BCUT2D eigenvalue weighted by Crippen LogP contribution is -2.58. The van der Waals surface area contributed by atoms with Crippen LogP contribution in [0.1, 0.15) is 37.7 Å². The molecule has 0 amide bonds. The highest BCUT2D eigenvalue weighted by Crippen LogP contribution is 2.34. The van der Waals surface area contributed by atoms with E-state index in [1.54, 1.807) is 0 Å². The number of benzene rings is 1. The summed E-state index contributed by atoms with van der Waals surface area (Å²) in [5.74, 6) is 0. The first kappa shape index (κ1) is 11.2. The fourth-order valence-corrected chi connectivity index (χ4v) is 3.55. The van der Waals surface area contributed by atoms with E-state index in [4.69, 9.17) is 5.73 Å². The van der Waals surface area contributed by atoms with Crippen LogP contribution in [-0.2, 0) is 6.54 Å². The van der Waals surface area contributed by atoms with Crippen molar-refractivity contribution in [2.75, 3.05) is 0 Å².